The number of likely N-dealkylation sites (tertiary alicyclic amines) is 1. The molecule has 0 bridgehead atoms. The first-order valence-electron chi connectivity index (χ1n) is 30.7. The van der Waals surface area contributed by atoms with Gasteiger partial charge in [-0.25, -0.2) is 4.79 Å². The van der Waals surface area contributed by atoms with E-state index >= 15 is 9.59 Å². The van der Waals surface area contributed by atoms with Gasteiger partial charge in [-0.15, -0.1) is 0 Å². The Labute approximate surface area is 499 Å². The Morgan fingerprint density at radius 1 is 0.635 bits per heavy atom. The molecule has 6 rings (SSSR count). The second-order valence-corrected chi connectivity index (χ2v) is 25.4. The largest absolute Gasteiger partial charge is 0.480 e. The molecule has 470 valence electrons. The summed E-state index contributed by atoms with van der Waals surface area (Å²) in [4.78, 5) is 164. The first-order valence-corrected chi connectivity index (χ1v) is 30.7. The smallest absolute Gasteiger partial charge is 0.326 e. The number of carboxylic acids is 1. The van der Waals surface area contributed by atoms with Gasteiger partial charge < -0.3 is 67.0 Å². The van der Waals surface area contributed by atoms with Gasteiger partial charge in [0, 0.05) is 45.2 Å². The number of benzene rings is 1. The van der Waals surface area contributed by atoms with E-state index in [9.17, 15) is 53.4 Å². The monoisotopic (exact) mass is 1190 g/mol. The van der Waals surface area contributed by atoms with E-state index in [1.54, 1.807) is 51.1 Å². The van der Waals surface area contributed by atoms with Crippen LogP contribution in [0.4, 0.5) is 0 Å². The van der Waals surface area contributed by atoms with Crippen LogP contribution in [0.25, 0.3) is 0 Å². The Kier molecular flexibility index (Phi) is 23.9. The van der Waals surface area contributed by atoms with E-state index in [4.69, 9.17) is 0 Å². The van der Waals surface area contributed by atoms with Crippen LogP contribution in [0.2, 0.25) is 0 Å². The van der Waals surface area contributed by atoms with Crippen LogP contribution in [-0.4, -0.2) is 188 Å². The number of hydrogen-bond acceptors (Lipinski definition) is 13. The van der Waals surface area contributed by atoms with E-state index in [1.807, 2.05) is 48.5 Å². The van der Waals surface area contributed by atoms with Crippen molar-refractivity contribution in [3.63, 3.8) is 0 Å². The third kappa shape index (κ3) is 17.3. The molecule has 85 heavy (non-hydrogen) atoms. The van der Waals surface area contributed by atoms with Gasteiger partial charge in [-0.3, -0.25) is 47.9 Å². The van der Waals surface area contributed by atoms with E-state index in [1.165, 1.54) is 19.6 Å². The van der Waals surface area contributed by atoms with Gasteiger partial charge >= 0.3 is 5.97 Å². The van der Waals surface area contributed by atoms with Gasteiger partial charge in [0.15, 0.2) is 0 Å². The molecule has 5 aliphatic heterocycles. The molecule has 24 heteroatoms. The number of carbonyl (C=O) groups excluding carboxylic acids is 10. The van der Waals surface area contributed by atoms with Gasteiger partial charge in [-0.2, -0.15) is 0 Å². The zero-order chi connectivity index (χ0) is 62.6. The van der Waals surface area contributed by atoms with Crippen LogP contribution in [0.5, 0.6) is 0 Å². The summed E-state index contributed by atoms with van der Waals surface area (Å²) in [6, 6.07) is -3.04. The van der Waals surface area contributed by atoms with Crippen molar-refractivity contribution in [3.8, 4) is 0 Å². The number of amides is 10. The zero-order valence-corrected chi connectivity index (χ0v) is 51.2. The van der Waals surface area contributed by atoms with E-state index in [-0.39, 0.29) is 88.9 Å². The number of aliphatic hydroxyl groups is 1. The van der Waals surface area contributed by atoms with Crippen molar-refractivity contribution in [1.29, 1.82) is 0 Å². The van der Waals surface area contributed by atoms with Gasteiger partial charge in [-0.05, 0) is 92.9 Å². The van der Waals surface area contributed by atoms with Crippen molar-refractivity contribution in [3.05, 3.63) is 47.8 Å². The maximum absolute atomic E-state index is 15.3. The molecule has 1 aromatic rings. The molecular formula is C61H93N11O13. The minimum atomic E-state index is -1.30. The number of fused-ring (bicyclic) bond motifs is 3. The summed E-state index contributed by atoms with van der Waals surface area (Å²) in [5.74, 6) is -9.51. The summed E-state index contributed by atoms with van der Waals surface area (Å²) in [5.41, 5.74) is 0.230. The van der Waals surface area contributed by atoms with E-state index in [2.05, 4.69) is 37.2 Å². The van der Waals surface area contributed by atoms with Gasteiger partial charge in [0.25, 0.3) is 5.91 Å². The molecule has 10 amide bonds. The average molecular weight is 1190 g/mol. The molecule has 4 saturated heterocycles. The molecule has 5 heterocycles. The Morgan fingerprint density at radius 2 is 1.24 bits per heavy atom. The maximum atomic E-state index is 15.3. The summed E-state index contributed by atoms with van der Waals surface area (Å²) >= 11 is 0. The normalized spacial score (nSPS) is 27.0. The lowest BCUT2D eigenvalue weighted by Gasteiger charge is -2.35. The van der Waals surface area contributed by atoms with Gasteiger partial charge in [0.05, 0.1) is 6.10 Å². The predicted octanol–water partition coefficient (Wildman–Crippen LogP) is 1.44. The predicted molar refractivity (Wildman–Crippen MR) is 314 cm³/mol. The van der Waals surface area contributed by atoms with Crippen LogP contribution >= 0.6 is 0 Å². The molecule has 12 atom stereocenters. The Balaban J connectivity index is 1.41. The number of nitrogens with zero attached hydrogens (tertiary/aromatic N) is 4. The standard InChI is InChI=1S/C61H93N11O13/c1-11-37(10)50-60(83)72-32-39(73)30-48(72)55(78)68-49(36(8)9)56(79)65-42(27-34(4)5)57(80)71-25-17-22-47(71)59(82)70-24-16-21-46(70)54(77)63-40(26-33(2)3)51(74)67-44(31-62-50)58(81)69-23-15-20-45(69)53(76)64-41(29-38-18-13-12-14-19-38)52(75)66-43(61(84)85)28-35(6)7/h12-14,18-19,31,33-37,39-43,45-50,62,73H,11,15-17,20-30,32H2,1-10H3,(H,63,77)(H,64,76)(H,65,79)(H,66,75)(H,67,74)(H,68,78)(H,84,85)/t37-,39+,40-,41-,42-,43-,45-,46-,47-,48-,49-,50-/m0/s1. The van der Waals surface area contributed by atoms with E-state index < -0.39 is 149 Å². The number of nitrogens with one attached hydrogen (secondary N) is 7. The van der Waals surface area contributed by atoms with Crippen LogP contribution in [0.3, 0.4) is 0 Å². The summed E-state index contributed by atoms with van der Waals surface area (Å²) < 4.78 is 0. The van der Waals surface area contributed by atoms with Gasteiger partial charge in [-0.1, -0.05) is 106 Å². The minimum absolute atomic E-state index is 0.000827. The van der Waals surface area contributed by atoms with E-state index in [0.717, 1.165) is 6.20 Å². The highest BCUT2D eigenvalue weighted by Gasteiger charge is 2.47. The molecule has 0 aliphatic carbocycles. The second-order valence-electron chi connectivity index (χ2n) is 25.4. The third-order valence-corrected chi connectivity index (χ3v) is 16.9. The molecule has 24 nitrogen and oxygen atoms in total. The first-order chi connectivity index (χ1) is 40.2. The van der Waals surface area contributed by atoms with Crippen molar-refractivity contribution in [2.45, 2.75) is 213 Å². The zero-order valence-electron chi connectivity index (χ0n) is 51.2. The highest BCUT2D eigenvalue weighted by atomic mass is 16.4. The Morgan fingerprint density at radius 3 is 1.85 bits per heavy atom. The van der Waals surface area contributed by atoms with Gasteiger partial charge in [0.1, 0.15) is 66.1 Å². The van der Waals surface area contributed by atoms with Gasteiger partial charge in [0.2, 0.25) is 53.2 Å². The minimum Gasteiger partial charge on any atom is -0.480 e. The SMILES string of the molecule is CC[C@H](C)[C@@H]1NC=C(C(=O)N2CCC[C@H]2C(=O)N[C@@H](Cc2ccccc2)C(=O)N[C@@H](CC(C)C)C(=O)O)NC(=O)[C@H](CC(C)C)NC(=O)[C@@H]2CCCN2C(=O)[C@@H]2CCCN2C(=O)[C@H](CC(C)C)NC(=O)[C@H](C(C)C)NC(=O)[C@@H]2C[C@@H](O)CN2C1=O. The number of rotatable bonds is 17. The lowest BCUT2D eigenvalue weighted by molar-refractivity contribution is -0.148. The fourth-order valence-electron chi connectivity index (χ4n) is 12.2. The number of carbonyl (C=O) groups is 11. The lowest BCUT2D eigenvalue weighted by Crippen LogP contribution is -2.60. The van der Waals surface area contributed by atoms with Crippen LogP contribution in [0.15, 0.2) is 42.2 Å². The lowest BCUT2D eigenvalue weighted by atomic mass is 9.97. The fraction of sp³-hybridized carbons (Fsp3) is 0.689. The number of aliphatic hydroxyl groups excluding tert-OH is 1. The molecule has 0 saturated carbocycles. The summed E-state index contributed by atoms with van der Waals surface area (Å²) in [7, 11) is 0. The molecule has 0 radical (unpaired) electrons. The summed E-state index contributed by atoms with van der Waals surface area (Å²) in [6.07, 6.45) is 2.47. The van der Waals surface area contributed by atoms with E-state index in [0.29, 0.717) is 37.7 Å². The van der Waals surface area contributed by atoms with Crippen molar-refractivity contribution >= 4 is 65.0 Å². The van der Waals surface area contributed by atoms with Crippen molar-refractivity contribution < 1.29 is 63.0 Å². The van der Waals surface area contributed by atoms with Crippen LogP contribution in [-0.2, 0) is 59.2 Å². The molecule has 5 aliphatic rings. The maximum Gasteiger partial charge on any atom is 0.326 e. The number of carboxylic acid groups (broad SMARTS) is 1. The molecule has 0 unspecified atom stereocenters. The average Bonchev–Trinajstić information content (AvgIpc) is 2.93. The topological polar surface area (TPSA) is 325 Å². The third-order valence-electron chi connectivity index (χ3n) is 16.9. The molecular weight excluding hydrogens is 1090 g/mol. The highest BCUT2D eigenvalue weighted by Crippen LogP contribution is 2.29. The number of hydrogen-bond donors (Lipinski definition) is 9. The fourth-order valence-corrected chi connectivity index (χ4v) is 12.2. The van der Waals surface area contributed by atoms with Crippen molar-refractivity contribution in [2.75, 3.05) is 26.2 Å². The summed E-state index contributed by atoms with van der Waals surface area (Å²) in [5, 5.41) is 40.9. The second kappa shape index (κ2) is 30.3. The molecule has 4 fully saturated rings. The Hall–Kier alpha value is -7.11. The number of aliphatic carboxylic acids is 1. The molecule has 0 aromatic heterocycles. The van der Waals surface area contributed by atoms with Crippen LogP contribution < -0.4 is 37.2 Å². The molecule has 0 spiro atoms. The van der Waals surface area contributed by atoms with Crippen molar-refractivity contribution in [1.82, 2.24) is 56.8 Å². The Bertz CT molecular complexity index is 2630. The molecule has 9 N–H and O–H groups in total. The highest BCUT2D eigenvalue weighted by molar-refractivity contribution is 6.03. The van der Waals surface area contributed by atoms with Crippen LogP contribution in [0.1, 0.15) is 145 Å². The first kappa shape index (κ1) is 67.0. The summed E-state index contributed by atoms with van der Waals surface area (Å²) in [6.45, 7) is 18.2. The molecule has 1 aromatic carbocycles. The van der Waals surface area contributed by atoms with Crippen LogP contribution in [0, 0.1) is 29.6 Å². The van der Waals surface area contributed by atoms with Crippen molar-refractivity contribution in [2.24, 2.45) is 29.6 Å². The quantitative estimate of drug-likeness (QED) is 0.107.